The van der Waals surface area contributed by atoms with Crippen LogP contribution in [-0.4, -0.2) is 145 Å². The second-order valence-electron chi connectivity index (χ2n) is 20.5. The number of piperazine rings is 1. The Morgan fingerprint density at radius 1 is 0.859 bits per heavy atom. The first-order valence-corrected chi connectivity index (χ1v) is 24.8. The number of hydrogen-bond donors (Lipinski definition) is 1. The number of pyridine rings is 1. The molecule has 0 spiro atoms. The summed E-state index contributed by atoms with van der Waals surface area (Å²) in [6.07, 6.45) is 3.93. The highest BCUT2D eigenvalue weighted by Crippen LogP contribution is 2.38. The number of hydrogen-bond acceptors (Lipinski definition) is 11. The number of carbonyl (C=O) groups is 4. The smallest absolute Gasteiger partial charge is 0.379 e. The number of carbonyl (C=O) groups excluding carboxylic acids is 4. The van der Waals surface area contributed by atoms with Crippen molar-refractivity contribution in [3.63, 3.8) is 0 Å². The quantitative estimate of drug-likeness (QED) is 0.192. The predicted octanol–water partition coefficient (Wildman–Crippen LogP) is 3.78. The van der Waals surface area contributed by atoms with E-state index >= 15 is 0 Å². The van der Waals surface area contributed by atoms with E-state index in [-0.39, 0.29) is 42.1 Å². The zero-order chi connectivity index (χ0) is 49.2. The molecule has 17 nitrogen and oxygen atoms in total. The number of piperidine rings is 3. The van der Waals surface area contributed by atoms with Crippen LogP contribution in [0.3, 0.4) is 0 Å². The molecule has 6 aliphatic rings. The maximum absolute atomic E-state index is 14.7. The molecule has 1 unspecified atom stereocenters. The van der Waals surface area contributed by atoms with Gasteiger partial charge in [0.2, 0.25) is 17.7 Å². The molecule has 5 aromatic rings. The van der Waals surface area contributed by atoms with Gasteiger partial charge in [-0.25, -0.2) is 4.79 Å². The van der Waals surface area contributed by atoms with Gasteiger partial charge in [0.25, 0.3) is 5.91 Å². The molecule has 2 aromatic carbocycles. The van der Waals surface area contributed by atoms with E-state index in [0.717, 1.165) is 78.7 Å². The van der Waals surface area contributed by atoms with Gasteiger partial charge in [0.05, 0.1) is 30.0 Å². The van der Waals surface area contributed by atoms with Crippen molar-refractivity contribution in [3.05, 3.63) is 111 Å². The van der Waals surface area contributed by atoms with E-state index in [9.17, 15) is 37.1 Å². The van der Waals surface area contributed by atoms with Gasteiger partial charge in [0.15, 0.2) is 0 Å². The molecule has 0 radical (unpaired) electrons. The number of rotatable bonds is 11. The second kappa shape index (κ2) is 18.7. The Morgan fingerprint density at radius 3 is 2.32 bits per heavy atom. The Hall–Kier alpha value is -6.38. The van der Waals surface area contributed by atoms with Gasteiger partial charge in [-0.2, -0.15) is 13.2 Å². The Morgan fingerprint density at radius 2 is 1.63 bits per heavy atom. The molecular weight excluding hydrogens is 920 g/mol. The van der Waals surface area contributed by atoms with Crippen LogP contribution < -0.4 is 15.9 Å². The van der Waals surface area contributed by atoms with E-state index in [0.29, 0.717) is 94.4 Å². The predicted molar refractivity (Wildman–Crippen MR) is 254 cm³/mol. The van der Waals surface area contributed by atoms with Crippen LogP contribution in [0, 0.1) is 11.8 Å². The summed E-state index contributed by atoms with van der Waals surface area (Å²) in [5.74, 6) is 0.402. The van der Waals surface area contributed by atoms with Crippen molar-refractivity contribution in [2.45, 2.75) is 75.7 Å². The Labute approximate surface area is 408 Å². The summed E-state index contributed by atoms with van der Waals surface area (Å²) in [5.41, 5.74) is 2.20. The number of ether oxygens (including phenoxy) is 1. The van der Waals surface area contributed by atoms with Crippen molar-refractivity contribution >= 4 is 34.8 Å². The van der Waals surface area contributed by atoms with Crippen LogP contribution in [0.4, 0.5) is 18.9 Å². The van der Waals surface area contributed by atoms with Crippen LogP contribution >= 0.6 is 0 Å². The van der Waals surface area contributed by atoms with E-state index in [1.54, 1.807) is 23.4 Å². The molecular formula is C51H58F3N11O6. The van der Waals surface area contributed by atoms with Gasteiger partial charge in [-0.05, 0) is 104 Å². The molecule has 3 aromatic heterocycles. The molecule has 71 heavy (non-hydrogen) atoms. The molecule has 0 saturated carbocycles. The Kier molecular flexibility index (Phi) is 12.3. The van der Waals surface area contributed by atoms with Gasteiger partial charge >= 0.3 is 11.9 Å². The fraction of sp³-hybridized carbons (Fsp3) is 0.510. The number of aryl methyl sites for hydroxylation is 1. The molecule has 20 heteroatoms. The number of likely N-dealkylation sites (tertiary alicyclic amines) is 2. The summed E-state index contributed by atoms with van der Waals surface area (Å²) < 4.78 is 54.0. The lowest BCUT2D eigenvalue weighted by atomic mass is 9.75. The van der Waals surface area contributed by atoms with Crippen molar-refractivity contribution in [2.24, 2.45) is 18.9 Å². The van der Waals surface area contributed by atoms with E-state index in [1.165, 1.54) is 17.0 Å². The summed E-state index contributed by atoms with van der Waals surface area (Å²) in [4.78, 5) is 75.6. The third-order valence-corrected chi connectivity index (χ3v) is 16.0. The molecule has 9 heterocycles. The van der Waals surface area contributed by atoms with Crippen LogP contribution in [0.1, 0.15) is 77.0 Å². The minimum Gasteiger partial charge on any atom is -0.379 e. The zero-order valence-electron chi connectivity index (χ0n) is 39.8. The molecule has 11 rings (SSSR count). The second-order valence-corrected chi connectivity index (χ2v) is 20.5. The maximum Gasteiger partial charge on any atom is 0.418 e. The third-order valence-electron chi connectivity index (χ3n) is 16.0. The van der Waals surface area contributed by atoms with Crippen LogP contribution in [0.15, 0.2) is 72.0 Å². The van der Waals surface area contributed by atoms with Crippen LogP contribution in [-0.2, 0) is 57.3 Å². The maximum atomic E-state index is 14.7. The molecule has 6 aliphatic heterocycles. The average Bonchev–Trinajstić information content (AvgIpc) is 4.03. The molecule has 0 aliphatic carbocycles. The number of imide groups is 1. The monoisotopic (exact) mass is 977 g/mol. The Bertz CT molecular complexity index is 2940. The van der Waals surface area contributed by atoms with Crippen molar-refractivity contribution in [2.75, 3.05) is 77.0 Å². The van der Waals surface area contributed by atoms with Gasteiger partial charge < -0.3 is 24.0 Å². The topological polar surface area (TPSA) is 163 Å². The van der Waals surface area contributed by atoms with E-state index in [4.69, 9.17) is 4.74 Å². The lowest BCUT2D eigenvalue weighted by Crippen LogP contribution is -2.52. The fourth-order valence-corrected chi connectivity index (χ4v) is 11.7. The Balaban J connectivity index is 0.660. The summed E-state index contributed by atoms with van der Waals surface area (Å²) in [7, 11) is 1.87. The van der Waals surface area contributed by atoms with E-state index < -0.39 is 34.8 Å². The van der Waals surface area contributed by atoms with Gasteiger partial charge in [-0.15, -0.1) is 10.2 Å². The molecule has 1 atom stereocenters. The molecule has 5 fully saturated rings. The highest BCUT2D eigenvalue weighted by atomic mass is 19.4. The van der Waals surface area contributed by atoms with Crippen LogP contribution in [0.2, 0.25) is 0 Å². The number of halogens is 3. The number of amides is 4. The molecule has 4 amide bonds. The summed E-state index contributed by atoms with van der Waals surface area (Å²) in [6.45, 7) is 8.48. The lowest BCUT2D eigenvalue weighted by molar-refractivity contribution is -0.139. The zero-order valence-corrected chi connectivity index (χ0v) is 39.8. The number of nitrogens with zero attached hydrogens (tertiary/aromatic N) is 10. The summed E-state index contributed by atoms with van der Waals surface area (Å²) in [5, 5.41) is 10.6. The number of nitrogens with one attached hydrogen (secondary N) is 1. The SMILES string of the molecule is Cn1cnnc1CC1(c2cccc(-n3cc4c(C(F)(F)F)cc(CN5CCC(C(=O)N6CCC(CN7CCN(c8ccc9c(c8)CN(C8CCC(=O)NC8=O)C9=O)CC7)CC6)CC5)cn4c3=O)c2)COC1. The minimum absolute atomic E-state index is 0.139. The average molecular weight is 978 g/mol. The van der Waals surface area contributed by atoms with Crippen molar-refractivity contribution < 1.29 is 37.1 Å². The summed E-state index contributed by atoms with van der Waals surface area (Å²) in [6, 6.07) is 13.7. The first-order chi connectivity index (χ1) is 34.2. The van der Waals surface area contributed by atoms with Gasteiger partial charge in [0, 0.05) is 114 Å². The fourth-order valence-electron chi connectivity index (χ4n) is 11.7. The standard InChI is InChI=1S/C51H58F3N11O6/c1-58-32-55-57-44(58)24-50(30-71-31-50)37-3-2-4-39(23-37)63-29-43-41(51(52,53)54)21-34(27-65(43)49(63)70)26-59-13-11-35(12-14-59)47(68)62-15-9-33(10-16-62)25-60-17-19-61(20-18-60)38-5-6-40-36(22-38)28-64(48(40)69)42-7-8-45(66)56-46(42)67/h2-6,21-23,27,29,32-33,35,42H,7-20,24-26,28,30-31H2,1H3,(H,56,66,67). The molecule has 1 N–H and O–H groups in total. The lowest BCUT2D eigenvalue weighted by Gasteiger charge is -2.41. The van der Waals surface area contributed by atoms with E-state index in [2.05, 4.69) is 36.3 Å². The van der Waals surface area contributed by atoms with Crippen molar-refractivity contribution in [1.82, 2.24) is 48.6 Å². The van der Waals surface area contributed by atoms with E-state index in [1.807, 2.05) is 40.8 Å². The number of benzene rings is 2. The minimum atomic E-state index is -4.70. The van der Waals surface area contributed by atoms with Gasteiger partial charge in [-0.3, -0.25) is 43.3 Å². The first kappa shape index (κ1) is 47.0. The number of anilines is 1. The highest BCUT2D eigenvalue weighted by molar-refractivity contribution is 6.05. The molecule has 0 bridgehead atoms. The molecule has 5 saturated heterocycles. The normalized spacial score (nSPS) is 21.8. The number of alkyl halides is 3. The molecule has 374 valence electrons. The number of fused-ring (bicyclic) bond motifs is 2. The van der Waals surface area contributed by atoms with Crippen molar-refractivity contribution in [3.8, 4) is 5.69 Å². The van der Waals surface area contributed by atoms with Crippen LogP contribution in [0.25, 0.3) is 11.2 Å². The van der Waals surface area contributed by atoms with Crippen LogP contribution in [0.5, 0.6) is 0 Å². The number of imidazole rings is 1. The highest BCUT2D eigenvalue weighted by Gasteiger charge is 2.43. The van der Waals surface area contributed by atoms with Gasteiger partial charge in [-0.1, -0.05) is 12.1 Å². The number of aromatic nitrogens is 5. The largest absolute Gasteiger partial charge is 0.418 e. The first-order valence-electron chi connectivity index (χ1n) is 24.8. The summed E-state index contributed by atoms with van der Waals surface area (Å²) >= 11 is 0. The van der Waals surface area contributed by atoms with Crippen molar-refractivity contribution in [1.29, 1.82) is 0 Å². The third kappa shape index (κ3) is 9.13. The van der Waals surface area contributed by atoms with Gasteiger partial charge in [0.1, 0.15) is 18.2 Å².